The minimum Gasteiger partial charge on any atom is -0.394 e. The number of hydrogen-bond donors (Lipinski definition) is 2. The van der Waals surface area contributed by atoms with Gasteiger partial charge in [0, 0.05) is 6.54 Å². The molecule has 0 amide bonds. The second-order valence-electron chi connectivity index (χ2n) is 2.39. The van der Waals surface area contributed by atoms with Crippen LogP contribution >= 0.6 is 0 Å². The molecule has 1 unspecified atom stereocenters. The highest BCUT2D eigenvalue weighted by Crippen LogP contribution is 2.18. The van der Waals surface area contributed by atoms with Gasteiger partial charge in [0.1, 0.15) is 5.60 Å². The minimum atomic E-state index is -2.63. The monoisotopic (exact) mass is 169 g/mol. The van der Waals surface area contributed by atoms with E-state index in [0.717, 1.165) is 0 Å². The number of aliphatic hydroxyl groups is 1. The molecule has 0 rings (SSSR count). The molecular formula is C6H13F2NO2. The quantitative estimate of drug-likeness (QED) is 0.608. The fraction of sp³-hybridized carbons (Fsp3) is 1.00. The van der Waals surface area contributed by atoms with Gasteiger partial charge in [-0.25, -0.2) is 8.78 Å². The third-order valence-corrected chi connectivity index (χ3v) is 1.39. The number of nitrogens with two attached hydrogens (primary N) is 1. The zero-order chi connectivity index (χ0) is 8.91. The standard InChI is InChI=1S/C6H13F2NO2/c1-6(4-9,5(7)8)11-3-2-10/h5,10H,2-4,9H2,1H3. The summed E-state index contributed by atoms with van der Waals surface area (Å²) in [4.78, 5) is 0. The average molecular weight is 169 g/mol. The van der Waals surface area contributed by atoms with Gasteiger partial charge >= 0.3 is 0 Å². The van der Waals surface area contributed by atoms with Gasteiger partial charge in [0.2, 0.25) is 0 Å². The van der Waals surface area contributed by atoms with Gasteiger partial charge < -0.3 is 15.6 Å². The first-order valence-corrected chi connectivity index (χ1v) is 3.30. The van der Waals surface area contributed by atoms with Crippen molar-refractivity contribution in [2.75, 3.05) is 19.8 Å². The van der Waals surface area contributed by atoms with Gasteiger partial charge in [-0.05, 0) is 6.92 Å². The third-order valence-electron chi connectivity index (χ3n) is 1.39. The van der Waals surface area contributed by atoms with Crippen LogP contribution in [0.2, 0.25) is 0 Å². The number of aliphatic hydroxyl groups excluding tert-OH is 1. The van der Waals surface area contributed by atoms with E-state index < -0.39 is 12.0 Å². The first-order valence-electron chi connectivity index (χ1n) is 3.30. The SMILES string of the molecule is CC(CN)(OCCO)C(F)F. The summed E-state index contributed by atoms with van der Waals surface area (Å²) in [5.41, 5.74) is 3.44. The van der Waals surface area contributed by atoms with Crippen molar-refractivity contribution in [3.8, 4) is 0 Å². The van der Waals surface area contributed by atoms with Crippen molar-refractivity contribution in [3.63, 3.8) is 0 Å². The van der Waals surface area contributed by atoms with Crippen LogP contribution in [0.25, 0.3) is 0 Å². The first kappa shape index (κ1) is 10.7. The van der Waals surface area contributed by atoms with E-state index >= 15 is 0 Å². The van der Waals surface area contributed by atoms with Crippen molar-refractivity contribution < 1.29 is 18.6 Å². The van der Waals surface area contributed by atoms with E-state index in [0.29, 0.717) is 0 Å². The maximum absolute atomic E-state index is 12.1. The molecule has 0 aliphatic rings. The Morgan fingerprint density at radius 1 is 1.64 bits per heavy atom. The molecule has 0 heterocycles. The third kappa shape index (κ3) is 3.09. The number of ether oxygens (including phenoxy) is 1. The maximum Gasteiger partial charge on any atom is 0.268 e. The normalized spacial score (nSPS) is 16.9. The maximum atomic E-state index is 12.1. The van der Waals surface area contributed by atoms with Crippen LogP contribution in [-0.4, -0.2) is 36.9 Å². The molecule has 5 heteroatoms. The highest BCUT2D eigenvalue weighted by Gasteiger charge is 2.34. The molecule has 68 valence electrons. The molecule has 3 N–H and O–H groups in total. The fourth-order valence-corrected chi connectivity index (χ4v) is 0.490. The molecule has 1 atom stereocenters. The molecule has 0 radical (unpaired) electrons. The molecule has 0 spiro atoms. The van der Waals surface area contributed by atoms with E-state index in [1.807, 2.05) is 0 Å². The molecule has 11 heavy (non-hydrogen) atoms. The largest absolute Gasteiger partial charge is 0.394 e. The molecule has 0 aliphatic carbocycles. The van der Waals surface area contributed by atoms with Gasteiger partial charge in [-0.3, -0.25) is 0 Å². The van der Waals surface area contributed by atoms with Crippen molar-refractivity contribution >= 4 is 0 Å². The Balaban J connectivity index is 3.88. The zero-order valence-electron chi connectivity index (χ0n) is 6.39. The summed E-state index contributed by atoms with van der Waals surface area (Å²) in [6, 6.07) is 0. The van der Waals surface area contributed by atoms with Crippen molar-refractivity contribution in [2.45, 2.75) is 19.0 Å². The van der Waals surface area contributed by atoms with Crippen molar-refractivity contribution in [3.05, 3.63) is 0 Å². The molecule has 0 aliphatic heterocycles. The van der Waals surface area contributed by atoms with Crippen LogP contribution in [0.5, 0.6) is 0 Å². The van der Waals surface area contributed by atoms with E-state index in [-0.39, 0.29) is 19.8 Å². The van der Waals surface area contributed by atoms with E-state index in [2.05, 4.69) is 4.74 Å². The Hall–Kier alpha value is -0.260. The van der Waals surface area contributed by atoms with Crippen LogP contribution in [0.4, 0.5) is 8.78 Å². The minimum absolute atomic E-state index is 0.113. The average Bonchev–Trinajstić information content (AvgIpc) is 2.00. The summed E-state index contributed by atoms with van der Waals surface area (Å²) < 4.78 is 28.9. The Morgan fingerprint density at radius 2 is 2.18 bits per heavy atom. The molecule has 0 aromatic carbocycles. The second-order valence-corrected chi connectivity index (χ2v) is 2.39. The lowest BCUT2D eigenvalue weighted by Gasteiger charge is -2.26. The zero-order valence-corrected chi connectivity index (χ0v) is 6.39. The highest BCUT2D eigenvalue weighted by molar-refractivity contribution is 4.78. The summed E-state index contributed by atoms with van der Waals surface area (Å²) in [5, 5.41) is 8.30. The Labute approximate surface area is 64.1 Å². The van der Waals surface area contributed by atoms with E-state index in [1.165, 1.54) is 6.92 Å². The summed E-state index contributed by atoms with van der Waals surface area (Å²) in [6.07, 6.45) is -2.63. The topological polar surface area (TPSA) is 55.5 Å². The van der Waals surface area contributed by atoms with Gasteiger partial charge in [-0.2, -0.15) is 0 Å². The van der Waals surface area contributed by atoms with Gasteiger partial charge in [-0.1, -0.05) is 0 Å². The number of alkyl halides is 2. The summed E-state index contributed by atoms with van der Waals surface area (Å²) in [7, 11) is 0. The lowest BCUT2D eigenvalue weighted by Crippen LogP contribution is -2.45. The second kappa shape index (κ2) is 4.58. The molecular weight excluding hydrogens is 156 g/mol. The number of halogens is 2. The van der Waals surface area contributed by atoms with Gasteiger partial charge in [0.05, 0.1) is 13.2 Å². The summed E-state index contributed by atoms with van der Waals surface area (Å²) >= 11 is 0. The van der Waals surface area contributed by atoms with E-state index in [1.54, 1.807) is 0 Å². The van der Waals surface area contributed by atoms with Crippen molar-refractivity contribution in [1.82, 2.24) is 0 Å². The van der Waals surface area contributed by atoms with Crippen LogP contribution < -0.4 is 5.73 Å². The molecule has 0 saturated carbocycles. The van der Waals surface area contributed by atoms with Gasteiger partial charge in [0.15, 0.2) is 0 Å². The molecule has 0 aromatic heterocycles. The molecule has 0 bridgehead atoms. The molecule has 0 aromatic rings. The molecule has 3 nitrogen and oxygen atoms in total. The smallest absolute Gasteiger partial charge is 0.268 e. The summed E-state index contributed by atoms with van der Waals surface area (Å²) in [5.74, 6) is 0. The Bertz CT molecular complexity index is 113. The number of rotatable bonds is 5. The van der Waals surface area contributed by atoms with Crippen LogP contribution in [0, 0.1) is 0 Å². The molecule has 0 saturated heterocycles. The predicted molar refractivity (Wildman–Crippen MR) is 36.5 cm³/mol. The summed E-state index contributed by atoms with van der Waals surface area (Å²) in [6.45, 7) is 0.568. The van der Waals surface area contributed by atoms with Crippen LogP contribution in [0.1, 0.15) is 6.92 Å². The van der Waals surface area contributed by atoms with Crippen LogP contribution in [0.15, 0.2) is 0 Å². The number of hydrogen-bond acceptors (Lipinski definition) is 3. The van der Waals surface area contributed by atoms with Crippen LogP contribution in [0.3, 0.4) is 0 Å². The lowest BCUT2D eigenvalue weighted by molar-refractivity contribution is -0.129. The van der Waals surface area contributed by atoms with Crippen LogP contribution in [-0.2, 0) is 4.74 Å². The fourth-order valence-electron chi connectivity index (χ4n) is 0.490. The molecule has 0 fully saturated rings. The first-order chi connectivity index (χ1) is 5.06. The van der Waals surface area contributed by atoms with Crippen molar-refractivity contribution in [1.29, 1.82) is 0 Å². The predicted octanol–water partition coefficient (Wildman–Crippen LogP) is -0.0222. The van der Waals surface area contributed by atoms with E-state index in [9.17, 15) is 8.78 Å². The van der Waals surface area contributed by atoms with Gasteiger partial charge in [-0.15, -0.1) is 0 Å². The highest BCUT2D eigenvalue weighted by atomic mass is 19.3. The Kier molecular flexibility index (Phi) is 4.48. The Morgan fingerprint density at radius 3 is 2.45 bits per heavy atom. The van der Waals surface area contributed by atoms with Gasteiger partial charge in [0.25, 0.3) is 6.43 Å². The lowest BCUT2D eigenvalue weighted by atomic mass is 10.1. The van der Waals surface area contributed by atoms with E-state index in [4.69, 9.17) is 10.8 Å². The van der Waals surface area contributed by atoms with Crippen molar-refractivity contribution in [2.24, 2.45) is 5.73 Å².